The minimum absolute atomic E-state index is 0.000555. The first-order valence-electron chi connectivity index (χ1n) is 5.97. The van der Waals surface area contributed by atoms with Gasteiger partial charge >= 0.3 is 0 Å². The Kier molecular flexibility index (Phi) is 5.04. The van der Waals surface area contributed by atoms with Crippen LogP contribution >= 0.6 is 0 Å². The second-order valence-electron chi connectivity index (χ2n) is 4.18. The lowest BCUT2D eigenvalue weighted by atomic mass is 10.0. The molecule has 1 unspecified atom stereocenters. The second kappa shape index (κ2) is 6.11. The topological polar surface area (TPSA) is 63.2 Å². The molecule has 0 fully saturated rings. The summed E-state index contributed by atoms with van der Waals surface area (Å²) in [6, 6.07) is 5.87. The minimum atomic E-state index is -3.21. The lowest BCUT2D eigenvalue weighted by Gasteiger charge is -2.14. The molecule has 0 aromatic heterocycles. The van der Waals surface area contributed by atoms with Crippen LogP contribution in [0.3, 0.4) is 0 Å². The molecular formula is C13H19NO3S. The van der Waals surface area contributed by atoms with Crippen LogP contribution in [-0.2, 0) is 9.84 Å². The second-order valence-corrected chi connectivity index (χ2v) is 6.20. The van der Waals surface area contributed by atoms with Crippen molar-refractivity contribution in [2.75, 3.05) is 12.8 Å². The molecule has 0 aliphatic carbocycles. The van der Waals surface area contributed by atoms with Gasteiger partial charge in [0.1, 0.15) is 0 Å². The van der Waals surface area contributed by atoms with Gasteiger partial charge in [0, 0.05) is 11.8 Å². The maximum atomic E-state index is 12.1. The highest BCUT2D eigenvalue weighted by Gasteiger charge is 2.17. The van der Waals surface area contributed by atoms with Crippen LogP contribution in [0.2, 0.25) is 0 Å². The van der Waals surface area contributed by atoms with Crippen molar-refractivity contribution in [3.8, 4) is 0 Å². The van der Waals surface area contributed by atoms with Crippen molar-refractivity contribution in [2.45, 2.75) is 31.2 Å². The zero-order valence-electron chi connectivity index (χ0n) is 10.9. The van der Waals surface area contributed by atoms with E-state index in [9.17, 15) is 13.2 Å². The highest BCUT2D eigenvalue weighted by molar-refractivity contribution is 7.90. The number of carbonyl (C=O) groups excluding carboxylic acids is 1. The maximum absolute atomic E-state index is 12.1. The summed E-state index contributed by atoms with van der Waals surface area (Å²) in [6.07, 6.45) is 1.86. The van der Waals surface area contributed by atoms with Crippen molar-refractivity contribution >= 4 is 15.6 Å². The summed E-state index contributed by atoms with van der Waals surface area (Å²) in [5, 5.41) is 3.11. The minimum Gasteiger partial charge on any atom is -0.307 e. The number of likely N-dealkylation sites (N-methyl/N-ethyl adjacent to an activating group) is 1. The van der Waals surface area contributed by atoms with E-state index in [0.29, 0.717) is 12.0 Å². The number of Topliss-reactive ketones (excluding diaryl/α,β-unsaturated/α-hetero) is 1. The monoisotopic (exact) mass is 269 g/mol. The molecular weight excluding hydrogens is 250 g/mol. The molecule has 1 rings (SSSR count). The quantitative estimate of drug-likeness (QED) is 0.798. The standard InChI is InChI=1S/C13H19NO3S/c1-4-12(14-5-2)13(15)10-6-8-11(9-7-10)18(3,16)17/h6-9,12,14H,4-5H2,1-3H3. The van der Waals surface area contributed by atoms with Gasteiger partial charge in [-0.25, -0.2) is 8.42 Å². The Balaban J connectivity index is 2.95. The van der Waals surface area contributed by atoms with E-state index in [-0.39, 0.29) is 16.7 Å². The number of hydrogen-bond donors (Lipinski definition) is 1. The number of nitrogens with one attached hydrogen (secondary N) is 1. The average molecular weight is 269 g/mol. The fraction of sp³-hybridized carbons (Fsp3) is 0.462. The van der Waals surface area contributed by atoms with Crippen LogP contribution in [0.15, 0.2) is 29.2 Å². The van der Waals surface area contributed by atoms with E-state index in [1.54, 1.807) is 12.1 Å². The molecule has 1 atom stereocenters. The van der Waals surface area contributed by atoms with Gasteiger partial charge in [-0.2, -0.15) is 0 Å². The lowest BCUT2D eigenvalue weighted by Crippen LogP contribution is -2.36. The van der Waals surface area contributed by atoms with Gasteiger partial charge in [-0.15, -0.1) is 0 Å². The predicted octanol–water partition coefficient (Wildman–Crippen LogP) is 1.66. The fourth-order valence-corrected chi connectivity index (χ4v) is 2.37. The van der Waals surface area contributed by atoms with E-state index in [1.807, 2.05) is 13.8 Å². The van der Waals surface area contributed by atoms with Gasteiger partial charge in [-0.1, -0.05) is 26.0 Å². The molecule has 5 heteroatoms. The molecule has 1 aromatic rings. The van der Waals surface area contributed by atoms with Crippen molar-refractivity contribution in [1.82, 2.24) is 5.32 Å². The Morgan fingerprint density at radius 3 is 2.17 bits per heavy atom. The van der Waals surface area contributed by atoms with Crippen molar-refractivity contribution in [3.63, 3.8) is 0 Å². The first-order chi connectivity index (χ1) is 8.40. The van der Waals surface area contributed by atoms with Gasteiger partial charge in [-0.3, -0.25) is 4.79 Å². The van der Waals surface area contributed by atoms with Crippen LogP contribution in [0.25, 0.3) is 0 Å². The Morgan fingerprint density at radius 2 is 1.78 bits per heavy atom. The molecule has 0 saturated carbocycles. The van der Waals surface area contributed by atoms with Crippen LogP contribution in [0, 0.1) is 0 Å². The summed E-state index contributed by atoms with van der Waals surface area (Å²) in [5.41, 5.74) is 0.537. The molecule has 0 aliphatic rings. The molecule has 4 nitrogen and oxygen atoms in total. The van der Waals surface area contributed by atoms with Crippen molar-refractivity contribution in [2.24, 2.45) is 0 Å². The van der Waals surface area contributed by atoms with E-state index < -0.39 is 9.84 Å². The Bertz CT molecular complexity index is 506. The third kappa shape index (κ3) is 3.65. The molecule has 0 amide bonds. The summed E-state index contributed by atoms with van der Waals surface area (Å²) >= 11 is 0. The number of benzene rings is 1. The molecule has 0 radical (unpaired) electrons. The van der Waals surface area contributed by atoms with Gasteiger partial charge < -0.3 is 5.32 Å². The number of sulfone groups is 1. The first-order valence-corrected chi connectivity index (χ1v) is 7.87. The van der Waals surface area contributed by atoms with E-state index in [0.717, 1.165) is 12.8 Å². The molecule has 0 spiro atoms. The van der Waals surface area contributed by atoms with Crippen molar-refractivity contribution in [1.29, 1.82) is 0 Å². The van der Waals surface area contributed by atoms with Crippen LogP contribution < -0.4 is 5.32 Å². The van der Waals surface area contributed by atoms with Gasteiger partial charge in [0.05, 0.1) is 10.9 Å². The predicted molar refractivity (Wildman–Crippen MR) is 71.6 cm³/mol. The number of ketones is 1. The number of carbonyl (C=O) groups is 1. The lowest BCUT2D eigenvalue weighted by molar-refractivity contribution is 0.0941. The summed E-state index contributed by atoms with van der Waals surface area (Å²) < 4.78 is 22.6. The third-order valence-electron chi connectivity index (χ3n) is 2.74. The molecule has 0 heterocycles. The average Bonchev–Trinajstić information content (AvgIpc) is 2.34. The Morgan fingerprint density at radius 1 is 1.22 bits per heavy atom. The molecule has 1 aromatic carbocycles. The first kappa shape index (κ1) is 14.9. The van der Waals surface area contributed by atoms with Gasteiger partial charge in [-0.05, 0) is 25.1 Å². The van der Waals surface area contributed by atoms with Crippen molar-refractivity contribution < 1.29 is 13.2 Å². The summed E-state index contributed by atoms with van der Waals surface area (Å²) in [6.45, 7) is 4.62. The van der Waals surface area contributed by atoms with Crippen LogP contribution in [0.1, 0.15) is 30.6 Å². The Labute approximate surface area is 108 Å². The normalized spacial score (nSPS) is 13.3. The smallest absolute Gasteiger partial charge is 0.179 e. The van der Waals surface area contributed by atoms with Crippen LogP contribution in [-0.4, -0.2) is 33.0 Å². The molecule has 0 bridgehead atoms. The van der Waals surface area contributed by atoms with E-state index in [2.05, 4.69) is 5.32 Å². The van der Waals surface area contributed by atoms with E-state index >= 15 is 0 Å². The summed E-state index contributed by atoms with van der Waals surface area (Å²) in [7, 11) is -3.21. The van der Waals surface area contributed by atoms with Crippen LogP contribution in [0.5, 0.6) is 0 Å². The van der Waals surface area contributed by atoms with E-state index in [1.165, 1.54) is 12.1 Å². The zero-order valence-corrected chi connectivity index (χ0v) is 11.8. The highest BCUT2D eigenvalue weighted by atomic mass is 32.2. The SMILES string of the molecule is CCNC(CC)C(=O)c1ccc(S(C)(=O)=O)cc1. The molecule has 18 heavy (non-hydrogen) atoms. The van der Waals surface area contributed by atoms with Crippen molar-refractivity contribution in [3.05, 3.63) is 29.8 Å². The molecule has 1 N–H and O–H groups in total. The third-order valence-corrected chi connectivity index (χ3v) is 3.87. The number of hydrogen-bond acceptors (Lipinski definition) is 4. The largest absolute Gasteiger partial charge is 0.307 e. The number of rotatable bonds is 6. The van der Waals surface area contributed by atoms with Crippen LogP contribution in [0.4, 0.5) is 0 Å². The van der Waals surface area contributed by atoms with E-state index in [4.69, 9.17) is 0 Å². The highest BCUT2D eigenvalue weighted by Crippen LogP contribution is 2.12. The molecule has 0 saturated heterocycles. The molecule has 100 valence electrons. The van der Waals surface area contributed by atoms with Gasteiger partial charge in [0.2, 0.25) is 0 Å². The molecule has 0 aliphatic heterocycles. The Hall–Kier alpha value is -1.20. The summed E-state index contributed by atoms with van der Waals surface area (Å²) in [5.74, 6) is -0.000555. The zero-order chi connectivity index (χ0) is 13.8. The summed E-state index contributed by atoms with van der Waals surface area (Å²) in [4.78, 5) is 12.3. The van der Waals surface area contributed by atoms with Gasteiger partial charge in [0.25, 0.3) is 0 Å². The fourth-order valence-electron chi connectivity index (χ4n) is 1.74. The maximum Gasteiger partial charge on any atom is 0.179 e. The van der Waals surface area contributed by atoms with Gasteiger partial charge in [0.15, 0.2) is 15.6 Å².